The number of oxazole rings is 1. The molecule has 1 atom stereocenters. The first-order valence-electron chi connectivity index (χ1n) is 9.16. The number of nitrogens with zero attached hydrogens (tertiary/aromatic N) is 1. The fourth-order valence-electron chi connectivity index (χ4n) is 3.15. The highest BCUT2D eigenvalue weighted by molar-refractivity contribution is 6.33. The van der Waals surface area contributed by atoms with Crippen LogP contribution in [0.1, 0.15) is 17.5 Å². The molecule has 0 aliphatic carbocycles. The minimum atomic E-state index is -0.996. The molecule has 7 heteroatoms. The van der Waals surface area contributed by atoms with Crippen LogP contribution in [-0.2, 0) is 4.79 Å². The maximum atomic E-state index is 11.9. The Kier molecular flexibility index (Phi) is 5.13. The first-order valence-corrected chi connectivity index (χ1v) is 9.53. The second kappa shape index (κ2) is 7.73. The van der Waals surface area contributed by atoms with Gasteiger partial charge in [-0.05, 0) is 48.7 Å². The van der Waals surface area contributed by atoms with Crippen LogP contribution in [0.5, 0.6) is 5.75 Å². The summed E-state index contributed by atoms with van der Waals surface area (Å²) in [5, 5.41) is 23.3. The minimum absolute atomic E-state index is 0.0793. The number of aromatic hydroxyl groups is 1. The highest BCUT2D eigenvalue weighted by atomic mass is 35.5. The smallest absolute Gasteiger partial charge is 0.335 e. The highest BCUT2D eigenvalue weighted by Crippen LogP contribution is 2.36. The number of nitrogens with one attached hydrogen (secondary N) is 1. The van der Waals surface area contributed by atoms with Crippen LogP contribution >= 0.6 is 11.6 Å². The molecule has 1 aliphatic rings. The van der Waals surface area contributed by atoms with Crippen molar-refractivity contribution >= 4 is 23.1 Å². The largest absolute Gasteiger partial charge is 0.507 e. The molecular weight excluding hydrogens is 392 g/mol. The van der Waals surface area contributed by atoms with Gasteiger partial charge in [0.2, 0.25) is 5.89 Å². The molecule has 1 fully saturated rings. The Morgan fingerprint density at radius 2 is 2.10 bits per heavy atom. The topological polar surface area (TPSA) is 106 Å². The van der Waals surface area contributed by atoms with Gasteiger partial charge in [0.05, 0.1) is 27.9 Å². The van der Waals surface area contributed by atoms with Crippen molar-refractivity contribution in [2.75, 3.05) is 6.54 Å². The number of hydrogen-bond donors (Lipinski definition) is 3. The van der Waals surface area contributed by atoms with Crippen LogP contribution in [0.2, 0.25) is 5.02 Å². The Labute approximate surface area is 172 Å². The third-order valence-corrected chi connectivity index (χ3v) is 5.15. The number of aliphatic carboxylic acids is 1. The average Bonchev–Trinajstić information content (AvgIpc) is 3.38. The molecular formula is C22H19ClN2O4. The fourth-order valence-corrected chi connectivity index (χ4v) is 3.45. The predicted molar refractivity (Wildman–Crippen MR) is 111 cm³/mol. The van der Waals surface area contributed by atoms with E-state index in [4.69, 9.17) is 16.0 Å². The van der Waals surface area contributed by atoms with Crippen LogP contribution in [0.3, 0.4) is 0 Å². The van der Waals surface area contributed by atoms with Crippen molar-refractivity contribution in [3.8, 4) is 28.5 Å². The van der Waals surface area contributed by atoms with Crippen molar-refractivity contribution in [1.29, 1.82) is 0 Å². The summed E-state index contributed by atoms with van der Waals surface area (Å²) in [6.45, 7) is 2.72. The van der Waals surface area contributed by atoms with Crippen LogP contribution in [-0.4, -0.2) is 33.8 Å². The number of carbonyl (C=O) groups is 1. The summed E-state index contributed by atoms with van der Waals surface area (Å²) in [6.07, 6.45) is 3.89. The summed E-state index contributed by atoms with van der Waals surface area (Å²) < 4.78 is 5.83. The second-order valence-corrected chi connectivity index (χ2v) is 7.36. The molecule has 0 spiro atoms. The first-order chi connectivity index (χ1) is 13.9. The maximum Gasteiger partial charge on any atom is 0.335 e. The van der Waals surface area contributed by atoms with Crippen LogP contribution < -0.4 is 5.32 Å². The van der Waals surface area contributed by atoms with Gasteiger partial charge < -0.3 is 19.9 Å². The molecule has 1 aliphatic heterocycles. The molecule has 0 amide bonds. The van der Waals surface area contributed by atoms with Gasteiger partial charge in [0.15, 0.2) is 5.76 Å². The molecule has 29 heavy (non-hydrogen) atoms. The lowest BCUT2D eigenvalue weighted by atomic mass is 9.96. The van der Waals surface area contributed by atoms with Crippen molar-refractivity contribution in [2.24, 2.45) is 0 Å². The monoisotopic (exact) mass is 410 g/mol. The van der Waals surface area contributed by atoms with Crippen LogP contribution in [0.25, 0.3) is 28.4 Å². The van der Waals surface area contributed by atoms with E-state index >= 15 is 0 Å². The average molecular weight is 411 g/mol. The molecule has 3 aromatic rings. The molecule has 4 rings (SSSR count). The van der Waals surface area contributed by atoms with Crippen molar-refractivity contribution in [3.05, 3.63) is 64.8 Å². The van der Waals surface area contributed by atoms with Gasteiger partial charge >= 0.3 is 5.97 Å². The maximum absolute atomic E-state index is 11.9. The van der Waals surface area contributed by atoms with E-state index in [-0.39, 0.29) is 17.2 Å². The molecule has 148 valence electrons. The summed E-state index contributed by atoms with van der Waals surface area (Å²) in [5.41, 5.74) is 2.55. The zero-order valence-corrected chi connectivity index (χ0v) is 16.4. The van der Waals surface area contributed by atoms with E-state index in [1.165, 1.54) is 6.20 Å². The number of phenolic OH excluding ortho intramolecular Hbond substituents is 1. The zero-order valence-electron chi connectivity index (χ0n) is 15.6. The molecule has 2 aromatic carbocycles. The van der Waals surface area contributed by atoms with E-state index in [9.17, 15) is 15.0 Å². The van der Waals surface area contributed by atoms with E-state index in [0.717, 1.165) is 12.1 Å². The van der Waals surface area contributed by atoms with Gasteiger partial charge in [0.1, 0.15) is 5.75 Å². The molecule has 3 N–H and O–H groups in total. The van der Waals surface area contributed by atoms with Crippen LogP contribution in [0.15, 0.2) is 53.1 Å². The number of carboxylic acid groups (broad SMARTS) is 1. The number of benzene rings is 2. The highest BCUT2D eigenvalue weighted by Gasteiger charge is 2.22. The first kappa shape index (κ1) is 19.2. The number of para-hydroxylation sites is 1. The quantitative estimate of drug-likeness (QED) is 0.408. The Bertz CT molecular complexity index is 1120. The molecule has 0 bridgehead atoms. The van der Waals surface area contributed by atoms with E-state index < -0.39 is 5.97 Å². The van der Waals surface area contributed by atoms with Gasteiger partial charge in [-0.2, -0.15) is 0 Å². The summed E-state index contributed by atoms with van der Waals surface area (Å²) in [6, 6.07) is 10.5. The van der Waals surface area contributed by atoms with Gasteiger partial charge in [0, 0.05) is 12.6 Å². The van der Waals surface area contributed by atoms with Crippen molar-refractivity contribution in [2.45, 2.75) is 19.4 Å². The molecule has 1 saturated heterocycles. The number of phenols is 1. The summed E-state index contributed by atoms with van der Waals surface area (Å²) in [5.74, 6) is -0.270. The van der Waals surface area contributed by atoms with Crippen molar-refractivity contribution in [3.63, 3.8) is 0 Å². The molecule has 1 aromatic heterocycles. The number of halogens is 1. The zero-order chi connectivity index (χ0) is 20.5. The second-order valence-electron chi connectivity index (χ2n) is 6.96. The summed E-state index contributed by atoms with van der Waals surface area (Å²) in [4.78, 5) is 16.1. The van der Waals surface area contributed by atoms with Gasteiger partial charge in [-0.1, -0.05) is 29.8 Å². The molecule has 6 nitrogen and oxygen atoms in total. The summed E-state index contributed by atoms with van der Waals surface area (Å²) >= 11 is 6.42. The van der Waals surface area contributed by atoms with Crippen LogP contribution in [0, 0.1) is 6.92 Å². The number of aryl methyl sites for hydroxylation is 1. The lowest BCUT2D eigenvalue weighted by Gasteiger charge is -2.11. The number of rotatable bonds is 6. The third-order valence-electron chi connectivity index (χ3n) is 4.84. The van der Waals surface area contributed by atoms with Gasteiger partial charge in [-0.15, -0.1) is 0 Å². The number of hydrogen-bond acceptors (Lipinski definition) is 5. The lowest BCUT2D eigenvalue weighted by molar-refractivity contribution is -0.130. The summed E-state index contributed by atoms with van der Waals surface area (Å²) in [7, 11) is 0. The number of carboxylic acids is 1. The van der Waals surface area contributed by atoms with E-state index in [0.29, 0.717) is 39.9 Å². The molecule has 1 unspecified atom stereocenters. The lowest BCUT2D eigenvalue weighted by Crippen LogP contribution is -2.03. The van der Waals surface area contributed by atoms with Gasteiger partial charge in [-0.3, -0.25) is 0 Å². The van der Waals surface area contributed by atoms with E-state index in [1.807, 2.05) is 6.92 Å². The molecule has 0 radical (unpaired) electrons. The molecule has 2 heterocycles. The predicted octanol–water partition coefficient (Wildman–Crippen LogP) is 4.51. The Balaban J connectivity index is 1.75. The van der Waals surface area contributed by atoms with E-state index in [1.54, 1.807) is 42.5 Å². The minimum Gasteiger partial charge on any atom is -0.507 e. The Morgan fingerprint density at radius 1 is 1.34 bits per heavy atom. The van der Waals surface area contributed by atoms with Crippen molar-refractivity contribution < 1.29 is 19.4 Å². The SMILES string of the molecule is Cc1cc(Cl)c(-c2ncc(-c3ccccc3O)o2)cc1/C(=C\CC1CN1)C(=O)O. The fraction of sp³-hybridized carbons (Fsp3) is 0.182. The Morgan fingerprint density at radius 3 is 2.79 bits per heavy atom. The number of aromatic nitrogens is 1. The van der Waals surface area contributed by atoms with Crippen molar-refractivity contribution in [1.82, 2.24) is 10.3 Å². The van der Waals surface area contributed by atoms with Gasteiger partial charge in [-0.25, -0.2) is 9.78 Å². The Hall–Kier alpha value is -3.09. The molecule has 0 saturated carbocycles. The normalized spacial score (nSPS) is 16.1. The van der Waals surface area contributed by atoms with Crippen LogP contribution in [0.4, 0.5) is 0 Å². The van der Waals surface area contributed by atoms with E-state index in [2.05, 4.69) is 10.3 Å². The third kappa shape index (κ3) is 4.04. The standard InChI is InChI=1S/C22H19ClN2O4/c1-12-8-18(23)17(9-16(12)14(22(27)28)7-6-13-10-24-13)21-25-11-20(29-21)15-4-2-3-5-19(15)26/h2-5,7-9,11,13,24,26H,6,10H2,1H3,(H,27,28)/b14-7+. The van der Waals surface area contributed by atoms with Gasteiger partial charge in [0.25, 0.3) is 0 Å².